The van der Waals surface area contributed by atoms with Crippen LogP contribution in [0.3, 0.4) is 0 Å². The molecule has 6 nitrogen and oxygen atoms in total. The van der Waals surface area contributed by atoms with Gasteiger partial charge in [-0.25, -0.2) is 0 Å². The van der Waals surface area contributed by atoms with Crippen molar-refractivity contribution in [1.29, 1.82) is 0 Å². The third-order valence-corrected chi connectivity index (χ3v) is 6.48. The van der Waals surface area contributed by atoms with Crippen molar-refractivity contribution in [2.45, 2.75) is 38.8 Å². The molecule has 166 valence electrons. The summed E-state index contributed by atoms with van der Waals surface area (Å²) in [5.41, 5.74) is 3.19. The predicted molar refractivity (Wildman–Crippen MR) is 123 cm³/mol. The van der Waals surface area contributed by atoms with E-state index in [1.807, 2.05) is 36.5 Å². The van der Waals surface area contributed by atoms with Gasteiger partial charge in [0.15, 0.2) is 0 Å². The monoisotopic (exact) mass is 422 g/mol. The summed E-state index contributed by atoms with van der Waals surface area (Å²) in [5.74, 6) is 0.575. The molecule has 2 fully saturated rings. The lowest BCUT2D eigenvalue weighted by molar-refractivity contribution is -0.116. The first-order valence-electron chi connectivity index (χ1n) is 11.5. The van der Waals surface area contributed by atoms with Gasteiger partial charge in [-0.1, -0.05) is 23.8 Å². The Morgan fingerprint density at radius 3 is 2.68 bits per heavy atom. The number of aromatic nitrogens is 1. The molecule has 1 aromatic carbocycles. The van der Waals surface area contributed by atoms with Gasteiger partial charge in [0.1, 0.15) is 0 Å². The number of piperidine rings is 1. The summed E-state index contributed by atoms with van der Waals surface area (Å²) < 4.78 is 5.57. The van der Waals surface area contributed by atoms with E-state index in [0.717, 1.165) is 70.2 Å². The van der Waals surface area contributed by atoms with Gasteiger partial charge in [0.25, 0.3) is 0 Å². The molecule has 6 heteroatoms. The highest BCUT2D eigenvalue weighted by Gasteiger charge is 2.34. The van der Waals surface area contributed by atoms with Crippen molar-refractivity contribution >= 4 is 11.6 Å². The summed E-state index contributed by atoms with van der Waals surface area (Å²) in [6.07, 6.45) is 4.45. The molecule has 1 N–H and O–H groups in total. The van der Waals surface area contributed by atoms with E-state index < -0.39 is 0 Å². The summed E-state index contributed by atoms with van der Waals surface area (Å²) in [6, 6.07) is 14.6. The molecule has 2 aromatic rings. The van der Waals surface area contributed by atoms with Crippen molar-refractivity contribution in [2.75, 3.05) is 44.7 Å². The van der Waals surface area contributed by atoms with Crippen LogP contribution in [0, 0.1) is 12.8 Å². The van der Waals surface area contributed by atoms with Gasteiger partial charge in [0.05, 0.1) is 18.9 Å². The van der Waals surface area contributed by atoms with Crippen LogP contribution >= 0.6 is 0 Å². The Hall–Kier alpha value is -2.28. The van der Waals surface area contributed by atoms with Gasteiger partial charge in [0, 0.05) is 57.1 Å². The third kappa shape index (κ3) is 6.35. The lowest BCUT2D eigenvalue weighted by Gasteiger charge is -2.45. The van der Waals surface area contributed by atoms with Crippen LogP contribution < -0.4 is 5.32 Å². The van der Waals surface area contributed by atoms with E-state index in [4.69, 9.17) is 4.74 Å². The third-order valence-electron chi connectivity index (χ3n) is 6.48. The fraction of sp³-hybridized carbons (Fsp3) is 0.520. The van der Waals surface area contributed by atoms with E-state index in [1.165, 1.54) is 5.56 Å². The summed E-state index contributed by atoms with van der Waals surface area (Å²) >= 11 is 0. The Morgan fingerprint density at radius 2 is 1.94 bits per heavy atom. The minimum Gasteiger partial charge on any atom is -0.379 e. The summed E-state index contributed by atoms with van der Waals surface area (Å²) in [7, 11) is 0. The molecule has 0 radical (unpaired) electrons. The van der Waals surface area contributed by atoms with Crippen LogP contribution in [-0.4, -0.2) is 66.1 Å². The van der Waals surface area contributed by atoms with Crippen molar-refractivity contribution in [2.24, 2.45) is 5.92 Å². The molecule has 0 aliphatic carbocycles. The van der Waals surface area contributed by atoms with Crippen molar-refractivity contribution < 1.29 is 9.53 Å². The van der Waals surface area contributed by atoms with Crippen LogP contribution in [0.1, 0.15) is 30.5 Å². The van der Waals surface area contributed by atoms with Gasteiger partial charge in [-0.2, -0.15) is 0 Å². The quantitative estimate of drug-likeness (QED) is 0.742. The van der Waals surface area contributed by atoms with Crippen LogP contribution in [0.15, 0.2) is 48.7 Å². The minimum atomic E-state index is 0.103. The molecule has 0 saturated carbocycles. The zero-order valence-electron chi connectivity index (χ0n) is 18.5. The van der Waals surface area contributed by atoms with Crippen molar-refractivity contribution in [3.8, 4) is 0 Å². The average Bonchev–Trinajstić information content (AvgIpc) is 2.81. The molecule has 2 saturated heterocycles. The number of nitrogens with one attached hydrogen (secondary N) is 1. The second kappa shape index (κ2) is 10.8. The van der Waals surface area contributed by atoms with E-state index >= 15 is 0 Å². The van der Waals surface area contributed by atoms with Crippen molar-refractivity contribution in [3.63, 3.8) is 0 Å². The molecule has 0 spiro atoms. The summed E-state index contributed by atoms with van der Waals surface area (Å²) in [5, 5.41) is 3.06. The highest BCUT2D eigenvalue weighted by atomic mass is 16.5. The van der Waals surface area contributed by atoms with E-state index in [0.29, 0.717) is 18.4 Å². The normalized spacial score (nSPS) is 22.9. The number of amides is 1. The first kappa shape index (κ1) is 21.9. The Kier molecular flexibility index (Phi) is 7.67. The Balaban J connectivity index is 1.36. The van der Waals surface area contributed by atoms with Gasteiger partial charge < -0.3 is 10.1 Å². The average molecular weight is 423 g/mol. The summed E-state index contributed by atoms with van der Waals surface area (Å²) in [4.78, 5) is 22.2. The van der Waals surface area contributed by atoms with Gasteiger partial charge in [-0.05, 0) is 49.9 Å². The molecule has 2 atom stereocenters. The fourth-order valence-electron chi connectivity index (χ4n) is 4.81. The maximum absolute atomic E-state index is 12.6. The topological polar surface area (TPSA) is 57.7 Å². The zero-order chi connectivity index (χ0) is 21.5. The molecule has 31 heavy (non-hydrogen) atoms. The number of rotatable bonds is 7. The van der Waals surface area contributed by atoms with Gasteiger partial charge in [0.2, 0.25) is 5.91 Å². The Bertz CT molecular complexity index is 821. The SMILES string of the molecule is Cc1ccc(NC(=O)CC[C@H]2CN(Cc3ccccn3)CC[C@H]2N2CCOCC2)cc1. The van der Waals surface area contributed by atoms with Crippen LogP contribution in [0.5, 0.6) is 0 Å². The second-order valence-electron chi connectivity index (χ2n) is 8.77. The number of morpholine rings is 1. The number of ether oxygens (including phenoxy) is 1. The number of hydrogen-bond acceptors (Lipinski definition) is 5. The van der Waals surface area contributed by atoms with Crippen LogP contribution in [0.4, 0.5) is 5.69 Å². The molecule has 2 aliphatic rings. The maximum Gasteiger partial charge on any atom is 0.224 e. The molecule has 0 unspecified atom stereocenters. The zero-order valence-corrected chi connectivity index (χ0v) is 18.5. The number of hydrogen-bond donors (Lipinski definition) is 1. The molecule has 1 amide bonds. The van der Waals surface area contributed by atoms with Crippen molar-refractivity contribution in [3.05, 3.63) is 59.9 Å². The molecule has 4 rings (SSSR count). The number of likely N-dealkylation sites (tertiary alicyclic amines) is 1. The molecule has 3 heterocycles. The number of aryl methyl sites for hydroxylation is 1. The van der Waals surface area contributed by atoms with E-state index in [-0.39, 0.29) is 5.91 Å². The number of anilines is 1. The number of benzene rings is 1. The lowest BCUT2D eigenvalue weighted by atomic mass is 9.86. The van der Waals surface area contributed by atoms with Crippen molar-refractivity contribution in [1.82, 2.24) is 14.8 Å². The van der Waals surface area contributed by atoms with Gasteiger partial charge in [-0.3, -0.25) is 19.6 Å². The van der Waals surface area contributed by atoms with Crippen LogP contribution in [0.2, 0.25) is 0 Å². The van der Waals surface area contributed by atoms with Gasteiger partial charge in [-0.15, -0.1) is 0 Å². The number of carbonyl (C=O) groups is 1. The van der Waals surface area contributed by atoms with Crippen LogP contribution in [0.25, 0.3) is 0 Å². The molecule has 2 aliphatic heterocycles. The van der Waals surface area contributed by atoms with E-state index in [1.54, 1.807) is 0 Å². The molecule has 0 bridgehead atoms. The number of carbonyl (C=O) groups excluding carboxylic acids is 1. The first-order valence-corrected chi connectivity index (χ1v) is 11.5. The minimum absolute atomic E-state index is 0.103. The number of nitrogens with zero attached hydrogens (tertiary/aromatic N) is 3. The smallest absolute Gasteiger partial charge is 0.224 e. The predicted octanol–water partition coefficient (Wildman–Crippen LogP) is 3.33. The standard InChI is InChI=1S/C25H34N4O2/c1-20-5-8-22(9-6-20)27-25(30)10-7-21-18-28(19-23-4-2-3-12-26-23)13-11-24(21)29-14-16-31-17-15-29/h2-6,8-9,12,21,24H,7,10-11,13-19H2,1H3,(H,27,30)/t21-,24+/m0/s1. The fourth-order valence-corrected chi connectivity index (χ4v) is 4.81. The Labute approximate surface area is 185 Å². The lowest BCUT2D eigenvalue weighted by Crippen LogP contribution is -2.54. The second-order valence-corrected chi connectivity index (χ2v) is 8.77. The van der Waals surface area contributed by atoms with Crippen LogP contribution in [-0.2, 0) is 16.1 Å². The molecular weight excluding hydrogens is 388 g/mol. The Morgan fingerprint density at radius 1 is 1.13 bits per heavy atom. The maximum atomic E-state index is 12.6. The first-order chi connectivity index (χ1) is 15.2. The largest absolute Gasteiger partial charge is 0.379 e. The van der Waals surface area contributed by atoms with E-state index in [2.05, 4.69) is 39.2 Å². The van der Waals surface area contributed by atoms with Gasteiger partial charge >= 0.3 is 0 Å². The highest BCUT2D eigenvalue weighted by Crippen LogP contribution is 2.28. The molecule has 1 aromatic heterocycles. The number of pyridine rings is 1. The highest BCUT2D eigenvalue weighted by molar-refractivity contribution is 5.90. The summed E-state index contributed by atoms with van der Waals surface area (Å²) in [6.45, 7) is 8.64. The molecular formula is C25H34N4O2. The van der Waals surface area contributed by atoms with E-state index in [9.17, 15) is 4.79 Å².